The molecule has 2 saturated heterocycles. The van der Waals surface area contributed by atoms with Gasteiger partial charge in [0.2, 0.25) is 10.0 Å². The fourth-order valence-electron chi connectivity index (χ4n) is 4.87. The van der Waals surface area contributed by atoms with Gasteiger partial charge < -0.3 is 14.8 Å². The molecule has 8 heteroatoms. The van der Waals surface area contributed by atoms with Crippen molar-refractivity contribution in [2.24, 2.45) is 5.92 Å². The molecule has 0 atom stereocenters. The highest BCUT2D eigenvalue weighted by Crippen LogP contribution is 2.34. The quantitative estimate of drug-likeness (QED) is 0.647. The van der Waals surface area contributed by atoms with Gasteiger partial charge in [0, 0.05) is 38.3 Å². The number of amides is 1. The maximum Gasteiger partial charge on any atom is 0.255 e. The number of nitrogens with zero attached hydrogens (tertiary/aromatic N) is 1. The van der Waals surface area contributed by atoms with Crippen LogP contribution in [0, 0.1) is 5.92 Å². The highest BCUT2D eigenvalue weighted by molar-refractivity contribution is 7.89. The van der Waals surface area contributed by atoms with Crippen LogP contribution < -0.4 is 10.1 Å². The Morgan fingerprint density at radius 3 is 2.44 bits per heavy atom. The van der Waals surface area contributed by atoms with E-state index in [0.717, 1.165) is 25.7 Å². The van der Waals surface area contributed by atoms with Gasteiger partial charge in [0.25, 0.3) is 5.91 Å². The van der Waals surface area contributed by atoms with E-state index in [9.17, 15) is 13.2 Å². The molecule has 0 radical (unpaired) electrons. The third-order valence-corrected chi connectivity index (χ3v) is 9.11. The van der Waals surface area contributed by atoms with Crippen LogP contribution in [0.2, 0.25) is 0 Å². The summed E-state index contributed by atoms with van der Waals surface area (Å²) in [5, 5.41) is 3.06. The fraction of sp³-hybridized carbons (Fsp3) is 0.500. The number of carbonyl (C=O) groups is 1. The Hall–Kier alpha value is -2.42. The first-order valence-electron chi connectivity index (χ1n) is 12.0. The summed E-state index contributed by atoms with van der Waals surface area (Å²) >= 11 is 0. The average molecular weight is 487 g/mol. The fourth-order valence-corrected chi connectivity index (χ4v) is 6.36. The maximum atomic E-state index is 13.3. The van der Waals surface area contributed by atoms with Crippen LogP contribution in [-0.2, 0) is 20.2 Å². The van der Waals surface area contributed by atoms with Crippen molar-refractivity contribution in [3.63, 3.8) is 0 Å². The van der Waals surface area contributed by atoms with Gasteiger partial charge in [-0.3, -0.25) is 4.79 Å². The predicted molar refractivity (Wildman–Crippen MR) is 131 cm³/mol. The van der Waals surface area contributed by atoms with E-state index in [4.69, 9.17) is 9.47 Å². The van der Waals surface area contributed by atoms with E-state index in [0.29, 0.717) is 44.5 Å². The van der Waals surface area contributed by atoms with Crippen molar-refractivity contribution in [1.82, 2.24) is 9.62 Å². The molecule has 0 aromatic heterocycles. The minimum atomic E-state index is -3.68. The number of hydrogen-bond acceptors (Lipinski definition) is 5. The predicted octanol–water partition coefficient (Wildman–Crippen LogP) is 3.59. The first-order valence-corrected chi connectivity index (χ1v) is 13.4. The van der Waals surface area contributed by atoms with Gasteiger partial charge in [-0.25, -0.2) is 8.42 Å². The Kier molecular flexibility index (Phi) is 7.60. The molecule has 0 spiro atoms. The summed E-state index contributed by atoms with van der Waals surface area (Å²) in [5.41, 5.74) is 1.17. The van der Waals surface area contributed by atoms with Crippen LogP contribution in [0.3, 0.4) is 0 Å². The summed E-state index contributed by atoms with van der Waals surface area (Å²) in [4.78, 5) is 13.4. The maximum absolute atomic E-state index is 13.3. The van der Waals surface area contributed by atoms with Crippen molar-refractivity contribution in [1.29, 1.82) is 0 Å². The standard InChI is InChI=1S/C26H34N2O5S/c1-20-10-14-28(15-11-20)34(30,31)22-8-9-24(32-2)23(18-22)25(29)27-19-26(12-16-33-17-13-26)21-6-4-3-5-7-21/h3-9,18,20H,10-17,19H2,1-2H3,(H,27,29). The van der Waals surface area contributed by atoms with Gasteiger partial charge >= 0.3 is 0 Å². The van der Waals surface area contributed by atoms with Crippen molar-refractivity contribution in [2.75, 3.05) is 40.0 Å². The second kappa shape index (κ2) is 10.5. The lowest BCUT2D eigenvalue weighted by molar-refractivity contribution is 0.0487. The van der Waals surface area contributed by atoms with Gasteiger partial charge in [-0.05, 0) is 55.4 Å². The van der Waals surface area contributed by atoms with Crippen LogP contribution in [0.15, 0.2) is 53.4 Å². The lowest BCUT2D eigenvalue weighted by atomic mass is 9.74. The summed E-state index contributed by atoms with van der Waals surface area (Å²) in [6.45, 7) is 4.84. The molecule has 7 nitrogen and oxygen atoms in total. The third kappa shape index (κ3) is 5.14. The molecule has 0 saturated carbocycles. The molecule has 0 bridgehead atoms. The second-order valence-electron chi connectivity index (χ2n) is 9.39. The Morgan fingerprint density at radius 2 is 1.79 bits per heavy atom. The van der Waals surface area contributed by atoms with Crippen LogP contribution in [0.25, 0.3) is 0 Å². The second-order valence-corrected chi connectivity index (χ2v) is 11.3. The van der Waals surface area contributed by atoms with E-state index in [1.54, 1.807) is 6.07 Å². The molecule has 184 valence electrons. The molecule has 2 aliphatic rings. The van der Waals surface area contributed by atoms with Crippen LogP contribution in [0.1, 0.15) is 48.5 Å². The highest BCUT2D eigenvalue weighted by atomic mass is 32.2. The first kappa shape index (κ1) is 24.7. The minimum Gasteiger partial charge on any atom is -0.496 e. The Bertz CT molecular complexity index is 1090. The Labute approximate surface area is 202 Å². The van der Waals surface area contributed by atoms with Crippen LogP contribution in [0.4, 0.5) is 0 Å². The number of rotatable bonds is 7. The smallest absolute Gasteiger partial charge is 0.255 e. The number of hydrogen-bond donors (Lipinski definition) is 1. The summed E-state index contributed by atoms with van der Waals surface area (Å²) in [5.74, 6) is 0.526. The van der Waals surface area contributed by atoms with E-state index < -0.39 is 10.0 Å². The molecule has 34 heavy (non-hydrogen) atoms. The lowest BCUT2D eigenvalue weighted by Crippen LogP contribution is -2.44. The Morgan fingerprint density at radius 1 is 1.12 bits per heavy atom. The van der Waals surface area contributed by atoms with Crippen molar-refractivity contribution >= 4 is 15.9 Å². The van der Waals surface area contributed by atoms with Crippen molar-refractivity contribution < 1.29 is 22.7 Å². The molecule has 0 unspecified atom stereocenters. The van der Waals surface area contributed by atoms with Crippen molar-refractivity contribution in [2.45, 2.75) is 42.9 Å². The molecule has 2 aromatic rings. The number of sulfonamides is 1. The van der Waals surface area contributed by atoms with E-state index >= 15 is 0 Å². The molecular formula is C26H34N2O5S. The Balaban J connectivity index is 1.56. The molecule has 2 heterocycles. The summed E-state index contributed by atoms with van der Waals surface area (Å²) in [6.07, 6.45) is 3.29. The zero-order chi connectivity index (χ0) is 24.2. The summed E-state index contributed by atoms with van der Waals surface area (Å²) < 4.78 is 39.0. The summed E-state index contributed by atoms with van der Waals surface area (Å²) in [6, 6.07) is 14.7. The normalized spacial score (nSPS) is 19.5. The van der Waals surface area contributed by atoms with E-state index in [1.807, 2.05) is 18.2 Å². The van der Waals surface area contributed by atoms with Crippen molar-refractivity contribution in [3.05, 3.63) is 59.7 Å². The average Bonchev–Trinajstić information content (AvgIpc) is 2.88. The zero-order valence-electron chi connectivity index (χ0n) is 20.0. The number of carbonyl (C=O) groups excluding carboxylic acids is 1. The third-order valence-electron chi connectivity index (χ3n) is 7.22. The SMILES string of the molecule is COc1ccc(S(=O)(=O)N2CCC(C)CC2)cc1C(=O)NCC1(c2ccccc2)CCOCC1. The van der Waals surface area contributed by atoms with Gasteiger partial charge in [-0.1, -0.05) is 37.3 Å². The largest absolute Gasteiger partial charge is 0.496 e. The molecule has 2 aliphatic heterocycles. The van der Waals surface area contributed by atoms with E-state index in [1.165, 1.54) is 29.1 Å². The van der Waals surface area contributed by atoms with Gasteiger partial charge in [-0.2, -0.15) is 4.31 Å². The van der Waals surface area contributed by atoms with Gasteiger partial charge in [0.15, 0.2) is 0 Å². The molecule has 4 rings (SSSR count). The van der Waals surface area contributed by atoms with E-state index in [-0.39, 0.29) is 21.8 Å². The number of methoxy groups -OCH3 is 1. The number of ether oxygens (including phenoxy) is 2. The lowest BCUT2D eigenvalue weighted by Gasteiger charge is -2.38. The molecule has 2 aromatic carbocycles. The van der Waals surface area contributed by atoms with Crippen LogP contribution in [-0.4, -0.2) is 58.6 Å². The molecule has 2 fully saturated rings. The molecular weight excluding hydrogens is 452 g/mol. The van der Waals surface area contributed by atoms with Gasteiger partial charge in [0.05, 0.1) is 17.6 Å². The molecule has 1 amide bonds. The summed E-state index contributed by atoms with van der Waals surface area (Å²) in [7, 11) is -2.19. The monoisotopic (exact) mass is 486 g/mol. The van der Waals surface area contributed by atoms with Crippen LogP contribution >= 0.6 is 0 Å². The topological polar surface area (TPSA) is 84.9 Å². The molecule has 1 N–H and O–H groups in total. The zero-order valence-corrected chi connectivity index (χ0v) is 20.8. The minimum absolute atomic E-state index is 0.122. The van der Waals surface area contributed by atoms with Gasteiger partial charge in [-0.15, -0.1) is 0 Å². The van der Waals surface area contributed by atoms with Crippen LogP contribution in [0.5, 0.6) is 5.75 Å². The highest BCUT2D eigenvalue weighted by Gasteiger charge is 2.35. The van der Waals surface area contributed by atoms with Gasteiger partial charge in [0.1, 0.15) is 5.75 Å². The van der Waals surface area contributed by atoms with E-state index in [2.05, 4.69) is 24.4 Å². The van der Waals surface area contributed by atoms with Crippen molar-refractivity contribution in [3.8, 4) is 5.75 Å². The number of benzene rings is 2. The number of nitrogens with one attached hydrogen (secondary N) is 1. The first-order chi connectivity index (χ1) is 16.4. The molecule has 0 aliphatic carbocycles. The number of piperidine rings is 1.